The fourth-order valence-electron chi connectivity index (χ4n) is 1.97. The van der Waals surface area contributed by atoms with Crippen molar-refractivity contribution in [1.29, 1.82) is 0 Å². The van der Waals surface area contributed by atoms with E-state index in [9.17, 15) is 5.11 Å². The number of rotatable bonds is 2. The molecule has 0 aliphatic heterocycles. The first-order chi connectivity index (χ1) is 8.52. The first kappa shape index (κ1) is 12.6. The molecule has 18 heavy (non-hydrogen) atoms. The van der Waals surface area contributed by atoms with Gasteiger partial charge >= 0.3 is 0 Å². The Kier molecular flexibility index (Phi) is 3.39. The number of benzene rings is 1. The smallest absolute Gasteiger partial charge is 0.220 e. The van der Waals surface area contributed by atoms with Crippen LogP contribution in [0, 0.1) is 6.92 Å². The Hall–Kier alpha value is -1.81. The highest BCUT2D eigenvalue weighted by molar-refractivity contribution is 6.31. The average Bonchev–Trinajstić information content (AvgIpc) is 2.32. The van der Waals surface area contributed by atoms with Crippen LogP contribution < -0.4 is 5.73 Å². The second kappa shape index (κ2) is 4.82. The Morgan fingerprint density at radius 1 is 1.33 bits per heavy atom. The largest absolute Gasteiger partial charge is 0.507 e. The van der Waals surface area contributed by atoms with Crippen molar-refractivity contribution < 1.29 is 5.11 Å². The summed E-state index contributed by atoms with van der Waals surface area (Å²) in [5.41, 5.74) is 8.61. The third-order valence-corrected chi connectivity index (χ3v) is 2.98. The number of aromatic nitrogens is 2. The number of nitrogens with two attached hydrogens (primary N) is 1. The van der Waals surface area contributed by atoms with Gasteiger partial charge in [0.15, 0.2) is 0 Å². The highest BCUT2D eigenvalue weighted by Gasteiger charge is 2.15. The van der Waals surface area contributed by atoms with Crippen LogP contribution in [0.25, 0.3) is 11.1 Å². The van der Waals surface area contributed by atoms with E-state index < -0.39 is 0 Å². The van der Waals surface area contributed by atoms with Crippen molar-refractivity contribution >= 4 is 17.5 Å². The summed E-state index contributed by atoms with van der Waals surface area (Å²) in [5.74, 6) is 0.403. The number of aromatic hydroxyl groups is 1. The standard InChI is InChI=1S/C13H14ClN3O/c1-3-10-12(7(2)16-13(15)17-10)9-6-8(14)4-5-11(9)18/h4-6,18H,3H2,1-2H3,(H2,15,16,17). The number of phenolic OH excluding ortho intramolecular Hbond substituents is 1. The molecule has 94 valence electrons. The molecule has 5 heteroatoms. The summed E-state index contributed by atoms with van der Waals surface area (Å²) in [4.78, 5) is 8.35. The molecule has 0 aliphatic rings. The van der Waals surface area contributed by atoms with E-state index in [-0.39, 0.29) is 11.7 Å². The van der Waals surface area contributed by atoms with Crippen LogP contribution in [-0.4, -0.2) is 15.1 Å². The van der Waals surface area contributed by atoms with Crippen LogP contribution in [0.3, 0.4) is 0 Å². The van der Waals surface area contributed by atoms with E-state index in [0.717, 1.165) is 17.0 Å². The average molecular weight is 264 g/mol. The summed E-state index contributed by atoms with van der Waals surface area (Å²) >= 11 is 5.97. The number of anilines is 1. The molecule has 0 bridgehead atoms. The summed E-state index contributed by atoms with van der Waals surface area (Å²) in [5, 5.41) is 10.5. The van der Waals surface area contributed by atoms with Crippen LogP contribution in [0.2, 0.25) is 5.02 Å². The molecule has 1 aromatic heterocycles. The van der Waals surface area contributed by atoms with Gasteiger partial charge in [-0.1, -0.05) is 18.5 Å². The number of phenols is 1. The Labute approximate surface area is 110 Å². The molecule has 2 aromatic rings. The van der Waals surface area contributed by atoms with Gasteiger partial charge in [-0.15, -0.1) is 0 Å². The zero-order chi connectivity index (χ0) is 13.3. The highest BCUT2D eigenvalue weighted by atomic mass is 35.5. The minimum absolute atomic E-state index is 0.158. The lowest BCUT2D eigenvalue weighted by Crippen LogP contribution is -2.04. The van der Waals surface area contributed by atoms with Gasteiger partial charge in [0, 0.05) is 16.1 Å². The maximum absolute atomic E-state index is 9.96. The topological polar surface area (TPSA) is 72.0 Å². The van der Waals surface area contributed by atoms with E-state index in [2.05, 4.69) is 9.97 Å². The third kappa shape index (κ3) is 2.24. The van der Waals surface area contributed by atoms with Crippen LogP contribution in [0.4, 0.5) is 5.95 Å². The summed E-state index contributed by atoms with van der Waals surface area (Å²) in [6, 6.07) is 4.91. The predicted molar refractivity (Wildman–Crippen MR) is 72.7 cm³/mol. The van der Waals surface area contributed by atoms with Crippen LogP contribution >= 0.6 is 11.6 Å². The van der Waals surface area contributed by atoms with Crippen LogP contribution in [0.1, 0.15) is 18.3 Å². The van der Waals surface area contributed by atoms with E-state index in [0.29, 0.717) is 17.0 Å². The first-order valence-corrected chi connectivity index (χ1v) is 6.02. The van der Waals surface area contributed by atoms with Gasteiger partial charge in [0.25, 0.3) is 0 Å². The minimum atomic E-state index is 0.158. The maximum atomic E-state index is 9.96. The molecule has 0 fully saturated rings. The lowest BCUT2D eigenvalue weighted by molar-refractivity contribution is 0.477. The van der Waals surface area contributed by atoms with Gasteiger partial charge < -0.3 is 10.8 Å². The Morgan fingerprint density at radius 2 is 2.06 bits per heavy atom. The molecule has 0 aliphatic carbocycles. The number of nitrogen functional groups attached to an aromatic ring is 1. The molecule has 2 rings (SSSR count). The zero-order valence-corrected chi connectivity index (χ0v) is 11.0. The maximum Gasteiger partial charge on any atom is 0.220 e. The summed E-state index contributed by atoms with van der Waals surface area (Å²) in [7, 11) is 0. The fraction of sp³-hybridized carbons (Fsp3) is 0.231. The molecule has 0 unspecified atom stereocenters. The third-order valence-electron chi connectivity index (χ3n) is 2.74. The SMILES string of the molecule is CCc1nc(N)nc(C)c1-c1cc(Cl)ccc1O. The number of aryl methyl sites for hydroxylation is 2. The summed E-state index contributed by atoms with van der Waals surface area (Å²) < 4.78 is 0. The molecule has 0 saturated carbocycles. The molecule has 0 atom stereocenters. The van der Waals surface area contributed by atoms with Crippen LogP contribution in [0.15, 0.2) is 18.2 Å². The van der Waals surface area contributed by atoms with E-state index in [1.165, 1.54) is 0 Å². The highest BCUT2D eigenvalue weighted by Crippen LogP contribution is 2.35. The predicted octanol–water partition coefficient (Wildman–Crippen LogP) is 2.96. The normalized spacial score (nSPS) is 10.6. The van der Waals surface area contributed by atoms with Crippen LogP contribution in [0.5, 0.6) is 5.75 Å². The van der Waals surface area contributed by atoms with Gasteiger partial charge in [0.1, 0.15) is 5.75 Å². The quantitative estimate of drug-likeness (QED) is 0.874. The molecule has 0 radical (unpaired) electrons. The minimum Gasteiger partial charge on any atom is -0.507 e. The molecular weight excluding hydrogens is 250 g/mol. The lowest BCUT2D eigenvalue weighted by Gasteiger charge is -2.12. The molecule has 1 aromatic carbocycles. The first-order valence-electron chi connectivity index (χ1n) is 5.64. The van der Waals surface area contributed by atoms with Crippen molar-refractivity contribution in [3.8, 4) is 16.9 Å². The lowest BCUT2D eigenvalue weighted by atomic mass is 10.00. The van der Waals surface area contributed by atoms with Crippen molar-refractivity contribution in [3.05, 3.63) is 34.6 Å². The van der Waals surface area contributed by atoms with Gasteiger partial charge in [0.05, 0.1) is 11.4 Å². The second-order valence-electron chi connectivity index (χ2n) is 4.00. The van der Waals surface area contributed by atoms with Gasteiger partial charge in [-0.25, -0.2) is 9.97 Å². The van der Waals surface area contributed by atoms with Gasteiger partial charge in [0.2, 0.25) is 5.95 Å². The summed E-state index contributed by atoms with van der Waals surface area (Å²) in [6.07, 6.45) is 0.703. The second-order valence-corrected chi connectivity index (χ2v) is 4.44. The van der Waals surface area contributed by atoms with Gasteiger partial charge in [-0.2, -0.15) is 0 Å². The van der Waals surface area contributed by atoms with Crippen LogP contribution in [-0.2, 0) is 6.42 Å². The molecular formula is C13H14ClN3O. The van der Waals surface area contributed by atoms with Crippen molar-refractivity contribution in [3.63, 3.8) is 0 Å². The van der Waals surface area contributed by atoms with E-state index in [1.807, 2.05) is 13.8 Å². The van der Waals surface area contributed by atoms with Crippen molar-refractivity contribution in [2.24, 2.45) is 0 Å². The van der Waals surface area contributed by atoms with Crippen molar-refractivity contribution in [2.75, 3.05) is 5.73 Å². The van der Waals surface area contributed by atoms with E-state index >= 15 is 0 Å². The molecule has 4 nitrogen and oxygen atoms in total. The zero-order valence-electron chi connectivity index (χ0n) is 10.2. The van der Waals surface area contributed by atoms with Gasteiger partial charge in [-0.05, 0) is 31.5 Å². The number of halogens is 1. The van der Waals surface area contributed by atoms with Crippen molar-refractivity contribution in [2.45, 2.75) is 20.3 Å². The van der Waals surface area contributed by atoms with Gasteiger partial charge in [-0.3, -0.25) is 0 Å². The Balaban J connectivity index is 2.74. The van der Waals surface area contributed by atoms with E-state index in [4.69, 9.17) is 17.3 Å². The molecule has 0 spiro atoms. The number of hydrogen-bond donors (Lipinski definition) is 2. The van der Waals surface area contributed by atoms with Crippen molar-refractivity contribution in [1.82, 2.24) is 9.97 Å². The monoisotopic (exact) mass is 263 g/mol. The molecule has 1 heterocycles. The number of hydrogen-bond acceptors (Lipinski definition) is 4. The molecule has 0 saturated heterocycles. The molecule has 3 N–H and O–H groups in total. The summed E-state index contributed by atoms with van der Waals surface area (Å²) in [6.45, 7) is 3.82. The fourth-order valence-corrected chi connectivity index (χ4v) is 2.14. The number of nitrogens with zero attached hydrogens (tertiary/aromatic N) is 2. The Morgan fingerprint density at radius 3 is 2.72 bits per heavy atom. The van der Waals surface area contributed by atoms with E-state index in [1.54, 1.807) is 18.2 Å². The Bertz CT molecular complexity index is 599. The molecule has 0 amide bonds.